The monoisotopic (exact) mass is 276 g/mol. The van der Waals surface area contributed by atoms with Crippen LogP contribution >= 0.6 is 0 Å². The third-order valence-corrected chi connectivity index (χ3v) is 4.29. The van der Waals surface area contributed by atoms with Gasteiger partial charge in [0.15, 0.2) is 0 Å². The largest absolute Gasteiger partial charge is 0.496 e. The number of ether oxygens (including phenoxy) is 1. The van der Waals surface area contributed by atoms with Crippen LogP contribution in [-0.4, -0.2) is 31.6 Å². The molecular formula is C17H28N2O. The number of nitrogens with zero attached hydrogens (tertiary/aromatic N) is 1. The van der Waals surface area contributed by atoms with Crippen molar-refractivity contribution >= 4 is 0 Å². The molecule has 0 saturated carbocycles. The van der Waals surface area contributed by atoms with Crippen LogP contribution in [0.1, 0.15) is 43.7 Å². The fourth-order valence-corrected chi connectivity index (χ4v) is 3.06. The first-order chi connectivity index (χ1) is 9.74. The van der Waals surface area contributed by atoms with Crippen LogP contribution in [0.3, 0.4) is 0 Å². The second kappa shape index (κ2) is 7.65. The summed E-state index contributed by atoms with van der Waals surface area (Å²) in [6.45, 7) is 5.48. The van der Waals surface area contributed by atoms with E-state index in [1.54, 1.807) is 7.11 Å². The van der Waals surface area contributed by atoms with Crippen molar-refractivity contribution in [2.24, 2.45) is 0 Å². The van der Waals surface area contributed by atoms with Crippen molar-refractivity contribution in [2.75, 3.05) is 20.7 Å². The van der Waals surface area contributed by atoms with E-state index in [9.17, 15) is 0 Å². The fourth-order valence-electron chi connectivity index (χ4n) is 3.06. The van der Waals surface area contributed by atoms with Crippen molar-refractivity contribution in [1.82, 2.24) is 10.2 Å². The summed E-state index contributed by atoms with van der Waals surface area (Å²) in [6, 6.07) is 7.21. The summed E-state index contributed by atoms with van der Waals surface area (Å²) in [7, 11) is 3.75. The number of likely N-dealkylation sites (tertiary alicyclic amines) is 1. The highest BCUT2D eigenvalue weighted by molar-refractivity contribution is 5.37. The Balaban J connectivity index is 2.14. The Morgan fingerprint density at radius 2 is 2.15 bits per heavy atom. The van der Waals surface area contributed by atoms with E-state index in [1.807, 2.05) is 7.05 Å². The molecule has 1 unspecified atom stereocenters. The number of rotatable bonds is 5. The molecule has 1 fully saturated rings. The number of nitrogens with one attached hydrogen (secondary N) is 1. The predicted octanol–water partition coefficient (Wildman–Crippen LogP) is 3.18. The van der Waals surface area contributed by atoms with Crippen LogP contribution in [0.5, 0.6) is 5.75 Å². The highest BCUT2D eigenvalue weighted by Crippen LogP contribution is 2.25. The van der Waals surface area contributed by atoms with E-state index in [0.29, 0.717) is 6.04 Å². The molecule has 1 N–H and O–H groups in total. The van der Waals surface area contributed by atoms with Gasteiger partial charge in [-0.3, -0.25) is 4.90 Å². The van der Waals surface area contributed by atoms with Crippen molar-refractivity contribution in [3.8, 4) is 5.75 Å². The van der Waals surface area contributed by atoms with Crippen LogP contribution in [0.25, 0.3) is 0 Å². The fraction of sp³-hybridized carbons (Fsp3) is 0.647. The van der Waals surface area contributed by atoms with E-state index in [1.165, 1.54) is 43.4 Å². The third kappa shape index (κ3) is 3.97. The maximum Gasteiger partial charge on any atom is 0.123 e. The summed E-state index contributed by atoms with van der Waals surface area (Å²) < 4.78 is 5.54. The zero-order chi connectivity index (χ0) is 14.4. The summed E-state index contributed by atoms with van der Waals surface area (Å²) in [5.41, 5.74) is 2.64. The lowest BCUT2D eigenvalue weighted by Gasteiger charge is -2.27. The lowest BCUT2D eigenvalue weighted by molar-refractivity contribution is 0.202. The molecule has 112 valence electrons. The quantitative estimate of drug-likeness (QED) is 0.894. The Morgan fingerprint density at radius 3 is 2.90 bits per heavy atom. The standard InChI is InChI=1S/C17H28N2O/c1-14-7-5-4-6-10-19(14)13-16-11-15(12-18-2)8-9-17(16)20-3/h8-9,11,14,18H,4-7,10,12-13H2,1-3H3. The molecule has 0 aromatic heterocycles. The van der Waals surface area contributed by atoms with Gasteiger partial charge in [-0.15, -0.1) is 0 Å². The van der Waals surface area contributed by atoms with E-state index in [2.05, 4.69) is 35.3 Å². The molecule has 1 atom stereocenters. The number of hydrogen-bond acceptors (Lipinski definition) is 3. The van der Waals surface area contributed by atoms with Crippen LogP contribution in [0, 0.1) is 0 Å². The third-order valence-electron chi connectivity index (χ3n) is 4.29. The molecule has 3 heteroatoms. The number of methoxy groups -OCH3 is 1. The molecule has 1 aliphatic heterocycles. The van der Waals surface area contributed by atoms with Crippen LogP contribution in [0.4, 0.5) is 0 Å². The zero-order valence-corrected chi connectivity index (χ0v) is 13.1. The van der Waals surface area contributed by atoms with Gasteiger partial charge in [0.1, 0.15) is 5.75 Å². The minimum Gasteiger partial charge on any atom is -0.496 e. The van der Waals surface area contributed by atoms with E-state index in [-0.39, 0.29) is 0 Å². The molecule has 2 rings (SSSR count). The van der Waals surface area contributed by atoms with Gasteiger partial charge >= 0.3 is 0 Å². The van der Waals surface area contributed by atoms with Gasteiger partial charge in [0.05, 0.1) is 7.11 Å². The van der Waals surface area contributed by atoms with E-state index >= 15 is 0 Å². The Morgan fingerprint density at radius 1 is 1.30 bits per heavy atom. The van der Waals surface area contributed by atoms with Crippen molar-refractivity contribution < 1.29 is 4.74 Å². The molecular weight excluding hydrogens is 248 g/mol. The lowest BCUT2D eigenvalue weighted by atomic mass is 10.1. The minimum atomic E-state index is 0.676. The van der Waals surface area contributed by atoms with Gasteiger partial charge in [0.2, 0.25) is 0 Å². The van der Waals surface area contributed by atoms with Crippen LogP contribution in [-0.2, 0) is 13.1 Å². The minimum absolute atomic E-state index is 0.676. The normalized spacial score (nSPS) is 20.6. The van der Waals surface area contributed by atoms with Crippen LogP contribution in [0.2, 0.25) is 0 Å². The molecule has 0 spiro atoms. The average Bonchev–Trinajstić information content (AvgIpc) is 2.65. The topological polar surface area (TPSA) is 24.5 Å². The van der Waals surface area contributed by atoms with Crippen LogP contribution in [0.15, 0.2) is 18.2 Å². The Labute approximate surface area is 123 Å². The van der Waals surface area contributed by atoms with Gasteiger partial charge in [0, 0.05) is 24.7 Å². The molecule has 0 bridgehead atoms. The van der Waals surface area contributed by atoms with Crippen molar-refractivity contribution in [3.63, 3.8) is 0 Å². The Kier molecular flexibility index (Phi) is 5.86. The van der Waals surface area contributed by atoms with E-state index < -0.39 is 0 Å². The molecule has 1 saturated heterocycles. The Bertz CT molecular complexity index is 419. The summed E-state index contributed by atoms with van der Waals surface area (Å²) in [6.07, 6.45) is 5.38. The number of benzene rings is 1. The zero-order valence-electron chi connectivity index (χ0n) is 13.1. The highest BCUT2D eigenvalue weighted by atomic mass is 16.5. The van der Waals surface area contributed by atoms with Crippen molar-refractivity contribution in [1.29, 1.82) is 0 Å². The molecule has 20 heavy (non-hydrogen) atoms. The summed E-state index contributed by atoms with van der Waals surface area (Å²) >= 11 is 0. The van der Waals surface area contributed by atoms with Gasteiger partial charge in [-0.25, -0.2) is 0 Å². The molecule has 0 aliphatic carbocycles. The molecule has 1 aromatic carbocycles. The SMILES string of the molecule is CNCc1ccc(OC)c(CN2CCCCCC2C)c1. The van der Waals surface area contributed by atoms with E-state index in [0.717, 1.165) is 18.8 Å². The van der Waals surface area contributed by atoms with Crippen LogP contribution < -0.4 is 10.1 Å². The Hall–Kier alpha value is -1.06. The molecule has 1 heterocycles. The highest BCUT2D eigenvalue weighted by Gasteiger charge is 2.18. The number of hydrogen-bond donors (Lipinski definition) is 1. The van der Waals surface area contributed by atoms with Crippen molar-refractivity contribution in [3.05, 3.63) is 29.3 Å². The van der Waals surface area contributed by atoms with Gasteiger partial charge in [-0.1, -0.05) is 18.9 Å². The average molecular weight is 276 g/mol. The second-order valence-electron chi connectivity index (χ2n) is 5.85. The maximum absolute atomic E-state index is 5.54. The van der Waals surface area contributed by atoms with Gasteiger partial charge < -0.3 is 10.1 Å². The summed E-state index contributed by atoms with van der Waals surface area (Å²) in [5, 5.41) is 3.22. The molecule has 0 radical (unpaired) electrons. The first-order valence-electron chi connectivity index (χ1n) is 7.79. The van der Waals surface area contributed by atoms with E-state index in [4.69, 9.17) is 4.74 Å². The van der Waals surface area contributed by atoms with Gasteiger partial charge in [-0.2, -0.15) is 0 Å². The second-order valence-corrected chi connectivity index (χ2v) is 5.85. The smallest absolute Gasteiger partial charge is 0.123 e. The van der Waals surface area contributed by atoms with Crippen molar-refractivity contribution in [2.45, 2.75) is 51.7 Å². The summed E-state index contributed by atoms with van der Waals surface area (Å²) in [5.74, 6) is 1.02. The van der Waals surface area contributed by atoms with Gasteiger partial charge in [0.25, 0.3) is 0 Å². The molecule has 1 aromatic rings. The summed E-state index contributed by atoms with van der Waals surface area (Å²) in [4.78, 5) is 2.61. The first-order valence-corrected chi connectivity index (χ1v) is 7.79. The predicted molar refractivity (Wildman–Crippen MR) is 84.1 cm³/mol. The molecule has 0 amide bonds. The lowest BCUT2D eigenvalue weighted by Crippen LogP contribution is -2.32. The molecule has 1 aliphatic rings. The molecule has 3 nitrogen and oxygen atoms in total. The van der Waals surface area contributed by atoms with Gasteiger partial charge in [-0.05, 0) is 51.1 Å². The maximum atomic E-state index is 5.54. The first kappa shape index (κ1) is 15.3.